The fourth-order valence-corrected chi connectivity index (χ4v) is 11.1. The summed E-state index contributed by atoms with van der Waals surface area (Å²) in [5, 5.41) is 11.5. The molecule has 14 nitrogen and oxygen atoms in total. The largest absolute Gasteiger partial charge is 0.489 e. The highest BCUT2D eigenvalue weighted by Crippen LogP contribution is 2.43. The Hall–Kier alpha value is -6.54. The molecule has 3 amide bonds. The van der Waals surface area contributed by atoms with Gasteiger partial charge >= 0.3 is 30.4 Å². The molecule has 2 saturated carbocycles. The van der Waals surface area contributed by atoms with Crippen molar-refractivity contribution in [3.63, 3.8) is 0 Å². The van der Waals surface area contributed by atoms with Crippen LogP contribution in [0.25, 0.3) is 0 Å². The van der Waals surface area contributed by atoms with Crippen molar-refractivity contribution < 1.29 is 74.4 Å². The minimum atomic E-state index is -4.44. The quantitative estimate of drug-likeness (QED) is 0.0553. The molecule has 460 valence electrons. The van der Waals surface area contributed by atoms with Crippen molar-refractivity contribution in [1.29, 1.82) is 0 Å². The summed E-state index contributed by atoms with van der Waals surface area (Å²) in [7, 11) is 0. The third-order valence-electron chi connectivity index (χ3n) is 15.0. The van der Waals surface area contributed by atoms with E-state index in [0.717, 1.165) is 81.0 Å². The SMILES string of the molecule is CC(C)(C)OC(=O)CCN(CC(=O)N1CCc2cc(OCc3ccc(C4CCCCC4)c(C(F)(F)F)c3)ccc21)C(=O)OC(C)(C)C.Cl.O=C(O)CCNCC(=O)N1CCc2cc(OCc3ccc(C4CCCCC4)c(C(F)(F)F)c3)ccc21. The summed E-state index contributed by atoms with van der Waals surface area (Å²) in [6, 6.07) is 19.6. The van der Waals surface area contributed by atoms with Crippen LogP contribution in [0, 0.1) is 0 Å². The number of hydrogen-bond acceptors (Lipinski definition) is 10. The van der Waals surface area contributed by atoms with Gasteiger partial charge in [-0.2, -0.15) is 26.3 Å². The molecule has 84 heavy (non-hydrogen) atoms. The standard InChI is InChI=1S/C36H47F3N2O6.C27H31F3N2O4.ClH/c1-34(2,3)46-32(43)17-18-40(33(44)47-35(4,5)6)22-31(42)41-19-16-26-21-27(13-15-30(26)41)45-23-24-12-14-28(25-10-8-7-9-11-25)29(20-24)36(37,38)39;28-27(29,30)23-14-18(6-8-22(23)19-4-2-1-3-5-19)17-36-21-7-9-24-20(15-21)11-13-32(24)25(33)16-31-12-10-26(34)35;/h12-15,20-21,25H,7-11,16-19,22-23H2,1-6H3;6-9,14-15,19,31H,1-5,10-13,16-17H2,(H,34,35);1H. The molecule has 2 aliphatic carbocycles. The van der Waals surface area contributed by atoms with Crippen LogP contribution in [0.5, 0.6) is 11.5 Å². The van der Waals surface area contributed by atoms with Crippen molar-refractivity contribution in [2.75, 3.05) is 49.1 Å². The second-order valence-corrected chi connectivity index (χ2v) is 23.8. The fraction of sp³-hybridized carbons (Fsp3) is 0.540. The molecular weight excluding hydrogens is 1120 g/mol. The molecule has 4 aromatic rings. The fourth-order valence-electron chi connectivity index (χ4n) is 11.1. The second-order valence-electron chi connectivity index (χ2n) is 23.8. The first kappa shape index (κ1) is 66.6. The van der Waals surface area contributed by atoms with E-state index in [2.05, 4.69) is 5.32 Å². The van der Waals surface area contributed by atoms with Crippen LogP contribution in [0.2, 0.25) is 0 Å². The van der Waals surface area contributed by atoms with Gasteiger partial charge < -0.3 is 39.2 Å². The van der Waals surface area contributed by atoms with Crippen molar-refractivity contribution in [2.24, 2.45) is 0 Å². The number of hydrogen-bond donors (Lipinski definition) is 2. The summed E-state index contributed by atoms with van der Waals surface area (Å²) in [5.74, 6) is -1.01. The molecule has 0 spiro atoms. The zero-order chi connectivity index (χ0) is 60.3. The van der Waals surface area contributed by atoms with Crippen molar-refractivity contribution in [1.82, 2.24) is 10.2 Å². The minimum Gasteiger partial charge on any atom is -0.489 e. The zero-order valence-electron chi connectivity index (χ0n) is 48.8. The number of esters is 1. The molecule has 8 rings (SSSR count). The number of nitrogens with zero attached hydrogens (tertiary/aromatic N) is 3. The van der Waals surface area contributed by atoms with Crippen LogP contribution in [0.4, 0.5) is 42.5 Å². The van der Waals surface area contributed by atoms with Gasteiger partial charge in [-0.05, 0) is 174 Å². The molecule has 2 N–H and O–H groups in total. The topological polar surface area (TPSA) is 164 Å². The Kier molecular flexibility index (Phi) is 23.0. The molecule has 2 fully saturated rings. The van der Waals surface area contributed by atoms with Gasteiger partial charge in [0.05, 0.1) is 30.5 Å². The van der Waals surface area contributed by atoms with Gasteiger partial charge in [0, 0.05) is 37.6 Å². The van der Waals surface area contributed by atoms with Crippen LogP contribution in [0.15, 0.2) is 72.8 Å². The summed E-state index contributed by atoms with van der Waals surface area (Å²) in [6.45, 7) is 11.2. The highest BCUT2D eigenvalue weighted by molar-refractivity contribution is 5.98. The van der Waals surface area contributed by atoms with E-state index in [-0.39, 0.29) is 88.3 Å². The third-order valence-corrected chi connectivity index (χ3v) is 15.0. The number of carboxylic acids is 1. The van der Waals surface area contributed by atoms with E-state index in [0.29, 0.717) is 65.4 Å². The number of anilines is 2. The minimum absolute atomic E-state index is 0. The van der Waals surface area contributed by atoms with Crippen LogP contribution in [0.3, 0.4) is 0 Å². The number of halogens is 7. The number of carbonyl (C=O) groups is 5. The van der Waals surface area contributed by atoms with E-state index in [1.165, 1.54) is 17.0 Å². The van der Waals surface area contributed by atoms with Crippen LogP contribution >= 0.6 is 12.4 Å². The average Bonchev–Trinajstić information content (AvgIpc) is 3.41. The number of alkyl halides is 6. The number of carboxylic acid groups (broad SMARTS) is 1. The van der Waals surface area contributed by atoms with Crippen molar-refractivity contribution in [3.8, 4) is 11.5 Å². The zero-order valence-corrected chi connectivity index (χ0v) is 49.6. The van der Waals surface area contributed by atoms with Crippen LogP contribution in [-0.4, -0.2) is 90.3 Å². The van der Waals surface area contributed by atoms with Gasteiger partial charge in [-0.1, -0.05) is 62.8 Å². The van der Waals surface area contributed by atoms with Crippen molar-refractivity contribution in [2.45, 2.75) is 180 Å². The Labute approximate surface area is 494 Å². The summed E-state index contributed by atoms with van der Waals surface area (Å²) >= 11 is 0. The second kappa shape index (κ2) is 29.0. The lowest BCUT2D eigenvalue weighted by atomic mass is 9.81. The van der Waals surface area contributed by atoms with E-state index in [4.69, 9.17) is 24.1 Å². The lowest BCUT2D eigenvalue weighted by Crippen LogP contribution is -2.45. The van der Waals surface area contributed by atoms with Crippen LogP contribution in [-0.2, 0) is 67.1 Å². The molecule has 4 aromatic carbocycles. The molecule has 0 radical (unpaired) electrons. The highest BCUT2D eigenvalue weighted by Gasteiger charge is 2.38. The predicted molar refractivity (Wildman–Crippen MR) is 309 cm³/mol. The Morgan fingerprint density at radius 1 is 0.595 bits per heavy atom. The van der Waals surface area contributed by atoms with Crippen LogP contribution in [0.1, 0.15) is 175 Å². The third kappa shape index (κ3) is 19.2. The van der Waals surface area contributed by atoms with Crippen molar-refractivity contribution in [3.05, 3.63) is 117 Å². The van der Waals surface area contributed by atoms with E-state index in [1.807, 2.05) is 6.07 Å². The maximum Gasteiger partial charge on any atom is 0.416 e. The molecule has 4 aliphatic rings. The number of benzene rings is 4. The maximum absolute atomic E-state index is 14.0. The molecule has 2 heterocycles. The number of fused-ring (bicyclic) bond motifs is 2. The molecule has 0 aromatic heterocycles. The van der Waals surface area contributed by atoms with E-state index in [1.54, 1.807) is 106 Å². The summed E-state index contributed by atoms with van der Waals surface area (Å²) in [4.78, 5) is 66.3. The summed E-state index contributed by atoms with van der Waals surface area (Å²) in [6.07, 6.45) is 0.589. The summed E-state index contributed by atoms with van der Waals surface area (Å²) < 4.78 is 106. The van der Waals surface area contributed by atoms with Gasteiger partial charge in [0.25, 0.3) is 0 Å². The summed E-state index contributed by atoms with van der Waals surface area (Å²) in [5.41, 5.74) is 2.24. The predicted octanol–water partition coefficient (Wildman–Crippen LogP) is 13.9. The van der Waals surface area contributed by atoms with Gasteiger partial charge in [0.2, 0.25) is 11.8 Å². The monoisotopic (exact) mass is 1200 g/mol. The molecule has 2 aliphatic heterocycles. The normalized spacial score (nSPS) is 15.7. The van der Waals surface area contributed by atoms with Gasteiger partial charge in [-0.3, -0.25) is 24.1 Å². The number of rotatable bonds is 18. The molecule has 0 bridgehead atoms. The molecular formula is C63H79ClF6N4O10. The number of ether oxygens (including phenoxy) is 4. The maximum atomic E-state index is 14.0. The number of amides is 3. The number of nitrogens with one attached hydrogen (secondary N) is 1. The lowest BCUT2D eigenvalue weighted by molar-refractivity contribution is -0.155. The molecule has 0 atom stereocenters. The first-order chi connectivity index (χ1) is 39.1. The Bertz CT molecular complexity index is 2930. The number of aliphatic carboxylic acids is 1. The first-order valence-corrected chi connectivity index (χ1v) is 28.8. The number of carbonyl (C=O) groups excluding carboxylic acids is 4. The van der Waals surface area contributed by atoms with Crippen molar-refractivity contribution >= 4 is 53.6 Å². The average molecular weight is 1200 g/mol. The van der Waals surface area contributed by atoms with Gasteiger partial charge in [-0.15, -0.1) is 12.4 Å². The van der Waals surface area contributed by atoms with E-state index < -0.39 is 52.7 Å². The van der Waals surface area contributed by atoms with E-state index in [9.17, 15) is 50.3 Å². The van der Waals surface area contributed by atoms with Gasteiger partial charge in [0.15, 0.2) is 0 Å². The smallest absolute Gasteiger partial charge is 0.416 e. The van der Waals surface area contributed by atoms with E-state index >= 15 is 0 Å². The first-order valence-electron chi connectivity index (χ1n) is 28.8. The molecule has 21 heteroatoms. The molecule has 0 saturated heterocycles. The lowest BCUT2D eigenvalue weighted by Gasteiger charge is -2.29. The molecule has 0 unspecified atom stereocenters. The van der Waals surface area contributed by atoms with Crippen LogP contribution < -0.4 is 24.6 Å². The Morgan fingerprint density at radius 3 is 1.48 bits per heavy atom. The van der Waals surface area contributed by atoms with Gasteiger partial charge in [-0.25, -0.2) is 4.79 Å². The van der Waals surface area contributed by atoms with Gasteiger partial charge in [0.1, 0.15) is 42.5 Å². The Morgan fingerprint density at radius 2 is 1.05 bits per heavy atom. The highest BCUT2D eigenvalue weighted by atomic mass is 35.5. The Balaban J connectivity index is 0.000000275.